The minimum Gasteiger partial charge on any atom is -0.289 e. The fourth-order valence-electron chi connectivity index (χ4n) is 1.36. The smallest absolute Gasteiger partial charge is 0.193 e. The van der Waals surface area contributed by atoms with Gasteiger partial charge in [-0.2, -0.15) is 0 Å². The number of halogens is 2. The van der Waals surface area contributed by atoms with Crippen LogP contribution in [0.2, 0.25) is 5.02 Å². The first-order valence-electron chi connectivity index (χ1n) is 4.63. The molecule has 0 saturated heterocycles. The molecule has 3 heteroatoms. The molecule has 0 spiro atoms. The van der Waals surface area contributed by atoms with E-state index in [9.17, 15) is 4.79 Å². The maximum absolute atomic E-state index is 11.9. The van der Waals surface area contributed by atoms with E-state index in [1.165, 1.54) is 0 Å². The largest absolute Gasteiger partial charge is 0.289 e. The van der Waals surface area contributed by atoms with Crippen molar-refractivity contribution in [2.45, 2.75) is 0 Å². The molecule has 0 heterocycles. The van der Waals surface area contributed by atoms with E-state index in [0.29, 0.717) is 16.1 Å². The molecule has 2 aromatic rings. The zero-order valence-corrected chi connectivity index (χ0v) is 9.96. The third-order valence-corrected chi connectivity index (χ3v) is 2.39. The number of hydrogen-bond acceptors (Lipinski definition) is 1. The summed E-state index contributed by atoms with van der Waals surface area (Å²) in [4.78, 5) is 11.9. The van der Waals surface area contributed by atoms with Gasteiger partial charge in [0.15, 0.2) is 5.78 Å². The van der Waals surface area contributed by atoms with Crippen LogP contribution in [0.3, 0.4) is 0 Å². The van der Waals surface area contributed by atoms with Crippen LogP contribution in [0.25, 0.3) is 0 Å². The summed E-state index contributed by atoms with van der Waals surface area (Å²) in [6, 6.07) is 16.1. The lowest BCUT2D eigenvalue weighted by Gasteiger charge is -2.00. The zero-order chi connectivity index (χ0) is 10.7. The highest BCUT2D eigenvalue weighted by Gasteiger charge is 2.07. The van der Waals surface area contributed by atoms with E-state index >= 15 is 0 Å². The summed E-state index contributed by atoms with van der Waals surface area (Å²) < 4.78 is 0. The van der Waals surface area contributed by atoms with Crippen LogP contribution in [0.4, 0.5) is 0 Å². The van der Waals surface area contributed by atoms with E-state index in [2.05, 4.69) is 0 Å². The summed E-state index contributed by atoms with van der Waals surface area (Å²) in [6.07, 6.45) is 0. The van der Waals surface area contributed by atoms with Crippen molar-refractivity contribution in [1.82, 2.24) is 0 Å². The van der Waals surface area contributed by atoms with Crippen molar-refractivity contribution in [2.24, 2.45) is 0 Å². The molecule has 0 saturated carbocycles. The normalized spacial score (nSPS) is 9.31. The summed E-state index contributed by atoms with van der Waals surface area (Å²) in [5.41, 5.74) is 1.35. The molecule has 0 atom stereocenters. The lowest BCUT2D eigenvalue weighted by atomic mass is 10.0. The first-order chi connectivity index (χ1) is 7.27. The molecular weight excluding hydrogens is 243 g/mol. The topological polar surface area (TPSA) is 17.1 Å². The van der Waals surface area contributed by atoms with Gasteiger partial charge in [0.25, 0.3) is 0 Å². The second-order valence-electron chi connectivity index (χ2n) is 3.20. The van der Waals surface area contributed by atoms with Crippen molar-refractivity contribution in [2.75, 3.05) is 0 Å². The summed E-state index contributed by atoms with van der Waals surface area (Å²) >= 11 is 5.75. The minimum absolute atomic E-state index is 0. The molecule has 0 aromatic heterocycles. The van der Waals surface area contributed by atoms with Crippen molar-refractivity contribution in [3.8, 4) is 0 Å². The Morgan fingerprint density at radius 2 is 1.31 bits per heavy atom. The van der Waals surface area contributed by atoms with Gasteiger partial charge in [-0.05, 0) is 24.3 Å². The standard InChI is InChI=1S/C13H9ClO.ClH/c14-12-8-6-11(7-9-12)13(15)10-4-2-1-3-5-10;/h1-9H;1H. The van der Waals surface area contributed by atoms with Crippen LogP contribution in [0, 0.1) is 0 Å². The predicted molar refractivity (Wildman–Crippen MR) is 68.6 cm³/mol. The van der Waals surface area contributed by atoms with Gasteiger partial charge >= 0.3 is 0 Å². The predicted octanol–water partition coefficient (Wildman–Crippen LogP) is 3.99. The molecule has 82 valence electrons. The fraction of sp³-hybridized carbons (Fsp3) is 0. The summed E-state index contributed by atoms with van der Waals surface area (Å²) in [5, 5.41) is 0.639. The van der Waals surface area contributed by atoms with E-state index in [0.717, 1.165) is 0 Å². The minimum atomic E-state index is 0. The molecule has 0 bridgehead atoms. The lowest BCUT2D eigenvalue weighted by Crippen LogP contribution is -1.99. The number of rotatable bonds is 2. The van der Waals surface area contributed by atoms with Crippen LogP contribution in [0.5, 0.6) is 0 Å². The molecule has 0 N–H and O–H groups in total. The molecule has 0 amide bonds. The van der Waals surface area contributed by atoms with Crippen molar-refractivity contribution in [1.29, 1.82) is 0 Å². The maximum Gasteiger partial charge on any atom is 0.193 e. The van der Waals surface area contributed by atoms with Crippen molar-refractivity contribution in [3.63, 3.8) is 0 Å². The Morgan fingerprint density at radius 3 is 1.88 bits per heavy atom. The quantitative estimate of drug-likeness (QED) is 0.739. The molecule has 0 aliphatic carbocycles. The molecule has 0 aliphatic rings. The highest BCUT2D eigenvalue weighted by atomic mass is 35.5. The van der Waals surface area contributed by atoms with Crippen LogP contribution >= 0.6 is 24.0 Å². The van der Waals surface area contributed by atoms with Crippen molar-refractivity contribution >= 4 is 29.8 Å². The van der Waals surface area contributed by atoms with Crippen LogP contribution in [-0.2, 0) is 0 Å². The Hall–Kier alpha value is -1.31. The third-order valence-electron chi connectivity index (χ3n) is 2.14. The van der Waals surface area contributed by atoms with E-state index < -0.39 is 0 Å². The van der Waals surface area contributed by atoms with Gasteiger partial charge < -0.3 is 0 Å². The second-order valence-corrected chi connectivity index (χ2v) is 3.64. The first-order valence-corrected chi connectivity index (χ1v) is 5.00. The molecule has 2 aromatic carbocycles. The maximum atomic E-state index is 11.9. The number of hydrogen-bond donors (Lipinski definition) is 0. The van der Waals surface area contributed by atoms with Crippen LogP contribution in [0.15, 0.2) is 54.6 Å². The molecule has 0 aliphatic heterocycles. The van der Waals surface area contributed by atoms with Crippen LogP contribution in [0.1, 0.15) is 15.9 Å². The molecule has 0 fully saturated rings. The Kier molecular flexibility index (Phi) is 4.53. The van der Waals surface area contributed by atoms with Gasteiger partial charge in [0.1, 0.15) is 0 Å². The molecule has 0 unspecified atom stereocenters. The van der Waals surface area contributed by atoms with Gasteiger partial charge in [-0.15, -0.1) is 12.4 Å². The zero-order valence-electron chi connectivity index (χ0n) is 8.39. The molecule has 16 heavy (non-hydrogen) atoms. The summed E-state index contributed by atoms with van der Waals surface area (Å²) in [7, 11) is 0. The molecular formula is C13H10Cl2O. The summed E-state index contributed by atoms with van der Waals surface area (Å²) in [6.45, 7) is 0. The number of ketones is 1. The van der Waals surface area contributed by atoms with Gasteiger partial charge in [-0.1, -0.05) is 41.9 Å². The average Bonchev–Trinajstić information content (AvgIpc) is 2.30. The van der Waals surface area contributed by atoms with Gasteiger partial charge in [-0.3, -0.25) is 4.79 Å². The molecule has 0 radical (unpaired) electrons. The van der Waals surface area contributed by atoms with E-state index in [-0.39, 0.29) is 18.2 Å². The van der Waals surface area contributed by atoms with E-state index in [4.69, 9.17) is 11.6 Å². The monoisotopic (exact) mass is 252 g/mol. The Morgan fingerprint density at radius 1 is 0.812 bits per heavy atom. The SMILES string of the molecule is Cl.O=C(c1ccccc1)c1ccc(Cl)cc1. The summed E-state index contributed by atoms with van der Waals surface area (Å²) in [5.74, 6) is 0.0206. The van der Waals surface area contributed by atoms with Crippen molar-refractivity contribution in [3.05, 3.63) is 70.7 Å². The Labute approximate surface area is 105 Å². The van der Waals surface area contributed by atoms with Gasteiger partial charge in [0, 0.05) is 16.1 Å². The van der Waals surface area contributed by atoms with E-state index in [1.807, 2.05) is 18.2 Å². The van der Waals surface area contributed by atoms with Gasteiger partial charge in [0.2, 0.25) is 0 Å². The highest BCUT2D eigenvalue weighted by Crippen LogP contribution is 2.13. The van der Waals surface area contributed by atoms with Gasteiger partial charge in [0.05, 0.1) is 0 Å². The van der Waals surface area contributed by atoms with E-state index in [1.54, 1.807) is 36.4 Å². The van der Waals surface area contributed by atoms with Crippen LogP contribution < -0.4 is 0 Å². The number of carbonyl (C=O) groups is 1. The lowest BCUT2D eigenvalue weighted by molar-refractivity contribution is 0.103. The number of benzene rings is 2. The van der Waals surface area contributed by atoms with Crippen molar-refractivity contribution < 1.29 is 4.79 Å². The highest BCUT2D eigenvalue weighted by molar-refractivity contribution is 6.30. The Bertz CT molecular complexity index is 463. The Balaban J connectivity index is 0.00000128. The first kappa shape index (κ1) is 12.8. The van der Waals surface area contributed by atoms with Crippen LogP contribution in [-0.4, -0.2) is 5.78 Å². The molecule has 2 rings (SSSR count). The average molecular weight is 253 g/mol. The van der Waals surface area contributed by atoms with Gasteiger partial charge in [-0.25, -0.2) is 0 Å². The second kappa shape index (κ2) is 5.69. The molecule has 1 nitrogen and oxygen atoms in total. The number of carbonyl (C=O) groups excluding carboxylic acids is 1. The fourth-order valence-corrected chi connectivity index (χ4v) is 1.48. The third kappa shape index (κ3) is 2.84.